The van der Waals surface area contributed by atoms with E-state index in [2.05, 4.69) is 38.4 Å². The molecule has 0 amide bonds. The Hall–Kier alpha value is 0.270. The van der Waals surface area contributed by atoms with Gasteiger partial charge in [-0.1, -0.05) is 13.8 Å². The molecule has 1 atom stereocenters. The molecule has 0 bridgehead atoms. The number of likely N-dealkylation sites (N-methyl/N-ethyl adjacent to an activating group) is 1. The van der Waals surface area contributed by atoms with Gasteiger partial charge >= 0.3 is 0 Å². The van der Waals surface area contributed by atoms with Crippen molar-refractivity contribution in [2.24, 2.45) is 5.41 Å². The van der Waals surface area contributed by atoms with Crippen LogP contribution in [0.25, 0.3) is 0 Å². The van der Waals surface area contributed by atoms with Gasteiger partial charge in [-0.15, -0.1) is 0 Å². The summed E-state index contributed by atoms with van der Waals surface area (Å²) in [5, 5.41) is 0. The SMILES string of the molecule is CN(CC1CCCCO1)CC(C)(C)CS. The molecule has 1 unspecified atom stereocenters. The second-order valence-corrected chi connectivity index (χ2v) is 5.82. The third-order valence-electron chi connectivity index (χ3n) is 2.92. The molecular weight excluding hydrogens is 206 g/mol. The Bertz CT molecular complexity index is 178. The van der Waals surface area contributed by atoms with E-state index in [9.17, 15) is 0 Å². The predicted molar refractivity (Wildman–Crippen MR) is 68.7 cm³/mol. The lowest BCUT2D eigenvalue weighted by molar-refractivity contribution is -0.00532. The Morgan fingerprint density at radius 1 is 1.40 bits per heavy atom. The molecule has 3 heteroatoms. The van der Waals surface area contributed by atoms with Crippen molar-refractivity contribution in [3.8, 4) is 0 Å². The summed E-state index contributed by atoms with van der Waals surface area (Å²) in [5.74, 6) is 0.933. The molecule has 0 saturated carbocycles. The summed E-state index contributed by atoms with van der Waals surface area (Å²) >= 11 is 4.38. The van der Waals surface area contributed by atoms with Gasteiger partial charge in [-0.05, 0) is 37.5 Å². The summed E-state index contributed by atoms with van der Waals surface area (Å²) in [7, 11) is 2.18. The van der Waals surface area contributed by atoms with E-state index in [-0.39, 0.29) is 0 Å². The van der Waals surface area contributed by atoms with Crippen molar-refractivity contribution >= 4 is 12.6 Å². The van der Waals surface area contributed by atoms with E-state index in [0.29, 0.717) is 11.5 Å². The zero-order chi connectivity index (χ0) is 11.3. The van der Waals surface area contributed by atoms with Gasteiger partial charge in [0, 0.05) is 19.7 Å². The molecule has 1 rings (SSSR count). The van der Waals surface area contributed by atoms with Crippen LogP contribution in [0.5, 0.6) is 0 Å². The molecule has 0 aliphatic carbocycles. The van der Waals surface area contributed by atoms with Crippen molar-refractivity contribution in [2.75, 3.05) is 32.5 Å². The molecule has 1 heterocycles. The van der Waals surface area contributed by atoms with E-state index in [0.717, 1.165) is 25.4 Å². The van der Waals surface area contributed by atoms with Crippen LogP contribution in [0, 0.1) is 5.41 Å². The molecule has 0 spiro atoms. The zero-order valence-electron chi connectivity index (χ0n) is 10.3. The van der Waals surface area contributed by atoms with Gasteiger partial charge in [-0.3, -0.25) is 0 Å². The molecule has 90 valence electrons. The van der Waals surface area contributed by atoms with Gasteiger partial charge in [0.05, 0.1) is 6.10 Å². The minimum atomic E-state index is 0.298. The maximum atomic E-state index is 5.74. The van der Waals surface area contributed by atoms with E-state index in [1.54, 1.807) is 0 Å². The molecule has 0 radical (unpaired) electrons. The second kappa shape index (κ2) is 6.12. The summed E-state index contributed by atoms with van der Waals surface area (Å²) in [6, 6.07) is 0. The Morgan fingerprint density at radius 3 is 2.67 bits per heavy atom. The first kappa shape index (κ1) is 13.3. The monoisotopic (exact) mass is 231 g/mol. The number of rotatable bonds is 5. The lowest BCUT2D eigenvalue weighted by Gasteiger charge is -2.32. The molecular formula is C12H25NOS. The van der Waals surface area contributed by atoms with Crippen LogP contribution in [0.1, 0.15) is 33.1 Å². The van der Waals surface area contributed by atoms with Gasteiger partial charge in [0.25, 0.3) is 0 Å². The first-order chi connectivity index (χ1) is 7.03. The Balaban J connectivity index is 2.25. The van der Waals surface area contributed by atoms with E-state index >= 15 is 0 Å². The molecule has 0 aromatic heterocycles. The van der Waals surface area contributed by atoms with Gasteiger partial charge in [0.15, 0.2) is 0 Å². The van der Waals surface area contributed by atoms with Crippen molar-refractivity contribution in [3.05, 3.63) is 0 Å². The van der Waals surface area contributed by atoms with Crippen molar-refractivity contribution < 1.29 is 4.74 Å². The van der Waals surface area contributed by atoms with Crippen LogP contribution in [0.2, 0.25) is 0 Å². The molecule has 1 aliphatic rings. The van der Waals surface area contributed by atoms with Gasteiger partial charge in [0.2, 0.25) is 0 Å². The highest BCUT2D eigenvalue weighted by atomic mass is 32.1. The lowest BCUT2D eigenvalue weighted by Crippen LogP contribution is -2.39. The van der Waals surface area contributed by atoms with Crippen LogP contribution in [0.15, 0.2) is 0 Å². The molecule has 0 N–H and O–H groups in total. The largest absolute Gasteiger partial charge is 0.377 e. The maximum absolute atomic E-state index is 5.74. The van der Waals surface area contributed by atoms with Crippen LogP contribution in [-0.2, 0) is 4.74 Å². The van der Waals surface area contributed by atoms with E-state index in [1.807, 2.05) is 0 Å². The minimum absolute atomic E-state index is 0.298. The first-order valence-corrected chi connectivity index (χ1v) is 6.58. The number of nitrogens with zero attached hydrogens (tertiary/aromatic N) is 1. The highest BCUT2D eigenvalue weighted by molar-refractivity contribution is 7.80. The van der Waals surface area contributed by atoms with Crippen LogP contribution < -0.4 is 0 Å². The van der Waals surface area contributed by atoms with Gasteiger partial charge in [-0.2, -0.15) is 12.6 Å². The average Bonchev–Trinajstić information content (AvgIpc) is 2.18. The highest BCUT2D eigenvalue weighted by Gasteiger charge is 2.21. The van der Waals surface area contributed by atoms with Crippen LogP contribution in [0.3, 0.4) is 0 Å². The van der Waals surface area contributed by atoms with Crippen molar-refractivity contribution in [1.82, 2.24) is 4.90 Å². The van der Waals surface area contributed by atoms with Gasteiger partial charge in [-0.25, -0.2) is 0 Å². The summed E-state index contributed by atoms with van der Waals surface area (Å²) < 4.78 is 5.74. The third-order valence-corrected chi connectivity index (χ3v) is 3.77. The molecule has 15 heavy (non-hydrogen) atoms. The Morgan fingerprint density at radius 2 is 2.13 bits per heavy atom. The van der Waals surface area contributed by atoms with Crippen LogP contribution in [0.4, 0.5) is 0 Å². The fourth-order valence-corrected chi connectivity index (χ4v) is 2.24. The normalized spacial score (nSPS) is 23.4. The molecule has 1 fully saturated rings. The van der Waals surface area contributed by atoms with E-state index in [4.69, 9.17) is 4.74 Å². The smallest absolute Gasteiger partial charge is 0.0701 e. The third kappa shape index (κ3) is 5.23. The average molecular weight is 231 g/mol. The molecule has 0 aromatic carbocycles. The van der Waals surface area contributed by atoms with Gasteiger partial charge < -0.3 is 9.64 Å². The molecule has 2 nitrogen and oxygen atoms in total. The van der Waals surface area contributed by atoms with E-state index < -0.39 is 0 Å². The minimum Gasteiger partial charge on any atom is -0.377 e. The topological polar surface area (TPSA) is 12.5 Å². The van der Waals surface area contributed by atoms with Crippen molar-refractivity contribution in [3.63, 3.8) is 0 Å². The number of ether oxygens (including phenoxy) is 1. The molecule has 1 aliphatic heterocycles. The summed E-state index contributed by atoms with van der Waals surface area (Å²) in [6.45, 7) is 7.64. The van der Waals surface area contributed by atoms with Crippen molar-refractivity contribution in [2.45, 2.75) is 39.2 Å². The molecule has 1 saturated heterocycles. The summed E-state index contributed by atoms with van der Waals surface area (Å²) in [6.07, 6.45) is 4.25. The summed E-state index contributed by atoms with van der Waals surface area (Å²) in [5.41, 5.74) is 0.298. The fourth-order valence-electron chi connectivity index (χ4n) is 2.14. The summed E-state index contributed by atoms with van der Waals surface area (Å²) in [4.78, 5) is 2.38. The van der Waals surface area contributed by atoms with Crippen LogP contribution in [-0.4, -0.2) is 43.5 Å². The fraction of sp³-hybridized carbons (Fsp3) is 1.00. The number of hydrogen-bond donors (Lipinski definition) is 1. The Kier molecular flexibility index (Phi) is 5.44. The predicted octanol–water partition coefficient (Wildman–Crippen LogP) is 2.44. The van der Waals surface area contributed by atoms with Crippen molar-refractivity contribution in [1.29, 1.82) is 0 Å². The second-order valence-electron chi connectivity index (χ2n) is 5.51. The zero-order valence-corrected chi connectivity index (χ0v) is 11.2. The quantitative estimate of drug-likeness (QED) is 0.730. The molecule has 0 aromatic rings. The van der Waals surface area contributed by atoms with Crippen LogP contribution >= 0.6 is 12.6 Å². The Labute approximate surface area is 99.8 Å². The van der Waals surface area contributed by atoms with E-state index in [1.165, 1.54) is 19.3 Å². The first-order valence-electron chi connectivity index (χ1n) is 5.94. The van der Waals surface area contributed by atoms with Gasteiger partial charge in [0.1, 0.15) is 0 Å². The lowest BCUT2D eigenvalue weighted by atomic mass is 9.95. The number of thiol groups is 1. The highest BCUT2D eigenvalue weighted by Crippen LogP contribution is 2.19. The maximum Gasteiger partial charge on any atom is 0.0701 e. The standard InChI is InChI=1S/C12H25NOS/c1-12(2,10-15)9-13(3)8-11-6-4-5-7-14-11/h11,15H,4-10H2,1-3H3. The number of hydrogen-bond acceptors (Lipinski definition) is 3.